The van der Waals surface area contributed by atoms with E-state index in [1.165, 1.54) is 7.11 Å². The molecule has 0 aliphatic rings. The van der Waals surface area contributed by atoms with Crippen LogP contribution in [0.2, 0.25) is 5.02 Å². The summed E-state index contributed by atoms with van der Waals surface area (Å²) in [6.45, 7) is 2.81. The van der Waals surface area contributed by atoms with Gasteiger partial charge in [0.1, 0.15) is 11.6 Å². The molecule has 1 aromatic heterocycles. The third kappa shape index (κ3) is 2.95. The Morgan fingerprint density at radius 1 is 1.29 bits per heavy atom. The number of carboxylic acids is 1. The Bertz CT molecular complexity index is 918. The van der Waals surface area contributed by atoms with E-state index in [0.717, 1.165) is 29.0 Å². The monoisotopic (exact) mass is 344 g/mol. The summed E-state index contributed by atoms with van der Waals surface area (Å²) in [5.74, 6) is 0.453. The largest absolute Gasteiger partial charge is 0.496 e. The second-order valence-electron chi connectivity index (χ2n) is 5.41. The number of halogens is 1. The number of hydrogen-bond acceptors (Lipinski definition) is 3. The fourth-order valence-electron chi connectivity index (χ4n) is 2.84. The highest BCUT2D eigenvalue weighted by Gasteiger charge is 2.15. The molecule has 0 bridgehead atoms. The van der Waals surface area contributed by atoms with Crippen LogP contribution in [0.1, 0.15) is 12.5 Å². The second-order valence-corrected chi connectivity index (χ2v) is 5.85. The standard InChI is InChI=1S/C18H17ClN2O3/c1-3-21-15-7-6-13(19)10-14(15)20-18(21)12-5-4-11(9-17(22)23)16(8-12)24-2/h4-8,10H,3,9H2,1-2H3,(H,22,23). The minimum atomic E-state index is -0.892. The Hall–Kier alpha value is -2.53. The molecule has 24 heavy (non-hydrogen) atoms. The number of fused-ring (bicyclic) bond motifs is 1. The molecule has 0 aliphatic heterocycles. The number of rotatable bonds is 5. The molecule has 0 atom stereocenters. The van der Waals surface area contributed by atoms with E-state index in [1.54, 1.807) is 6.07 Å². The number of hydrogen-bond donors (Lipinski definition) is 1. The molecule has 0 saturated heterocycles. The lowest BCUT2D eigenvalue weighted by atomic mass is 10.1. The van der Waals surface area contributed by atoms with Gasteiger partial charge in [0, 0.05) is 22.7 Å². The Labute approximate surface area is 144 Å². The number of aliphatic carboxylic acids is 1. The van der Waals surface area contributed by atoms with E-state index in [4.69, 9.17) is 21.4 Å². The quantitative estimate of drug-likeness (QED) is 0.759. The molecular formula is C18H17ClN2O3. The topological polar surface area (TPSA) is 64.4 Å². The summed E-state index contributed by atoms with van der Waals surface area (Å²) in [4.78, 5) is 15.6. The zero-order chi connectivity index (χ0) is 17.3. The number of ether oxygens (including phenoxy) is 1. The zero-order valence-corrected chi connectivity index (χ0v) is 14.2. The third-order valence-corrected chi connectivity index (χ3v) is 4.15. The molecule has 1 N–H and O–H groups in total. The van der Waals surface area contributed by atoms with Crippen molar-refractivity contribution in [1.29, 1.82) is 0 Å². The fraction of sp³-hybridized carbons (Fsp3) is 0.222. The van der Waals surface area contributed by atoms with Crippen molar-refractivity contribution in [1.82, 2.24) is 9.55 Å². The van der Waals surface area contributed by atoms with E-state index < -0.39 is 5.97 Å². The predicted molar refractivity (Wildman–Crippen MR) is 93.7 cm³/mol. The maximum Gasteiger partial charge on any atom is 0.307 e. The van der Waals surface area contributed by atoms with E-state index in [-0.39, 0.29) is 6.42 Å². The molecule has 3 aromatic rings. The number of aryl methyl sites for hydroxylation is 1. The van der Waals surface area contributed by atoms with Crippen molar-refractivity contribution < 1.29 is 14.6 Å². The van der Waals surface area contributed by atoms with Crippen LogP contribution >= 0.6 is 11.6 Å². The van der Waals surface area contributed by atoms with Crippen molar-refractivity contribution in [2.24, 2.45) is 0 Å². The Morgan fingerprint density at radius 3 is 2.75 bits per heavy atom. The maximum absolute atomic E-state index is 11.0. The van der Waals surface area contributed by atoms with Gasteiger partial charge in [-0.1, -0.05) is 23.7 Å². The number of nitrogens with zero attached hydrogens (tertiary/aromatic N) is 2. The summed E-state index contributed by atoms with van der Waals surface area (Å²) < 4.78 is 7.45. The normalized spacial score (nSPS) is 11.0. The van der Waals surface area contributed by atoms with Gasteiger partial charge >= 0.3 is 5.97 Å². The lowest BCUT2D eigenvalue weighted by molar-refractivity contribution is -0.136. The van der Waals surface area contributed by atoms with E-state index in [9.17, 15) is 4.79 Å². The maximum atomic E-state index is 11.0. The van der Waals surface area contributed by atoms with Crippen molar-refractivity contribution in [3.8, 4) is 17.1 Å². The number of carbonyl (C=O) groups is 1. The number of carboxylic acid groups (broad SMARTS) is 1. The minimum Gasteiger partial charge on any atom is -0.496 e. The summed E-state index contributed by atoms with van der Waals surface area (Å²) in [5, 5.41) is 9.63. The molecule has 0 unspecified atom stereocenters. The molecule has 3 rings (SSSR count). The van der Waals surface area contributed by atoms with Gasteiger partial charge in [-0.3, -0.25) is 4.79 Å². The van der Waals surface area contributed by atoms with Gasteiger partial charge in [0.05, 0.1) is 24.6 Å². The third-order valence-electron chi connectivity index (χ3n) is 3.91. The van der Waals surface area contributed by atoms with Gasteiger partial charge in [-0.2, -0.15) is 0 Å². The van der Waals surface area contributed by atoms with Crippen molar-refractivity contribution in [3.63, 3.8) is 0 Å². The fourth-order valence-corrected chi connectivity index (χ4v) is 3.00. The Balaban J connectivity index is 2.14. The van der Waals surface area contributed by atoms with Crippen molar-refractivity contribution >= 4 is 28.6 Å². The molecule has 1 heterocycles. The van der Waals surface area contributed by atoms with E-state index >= 15 is 0 Å². The van der Waals surface area contributed by atoms with Crippen LogP contribution in [-0.2, 0) is 17.8 Å². The summed E-state index contributed by atoms with van der Waals surface area (Å²) in [6, 6.07) is 11.1. The highest BCUT2D eigenvalue weighted by atomic mass is 35.5. The number of methoxy groups -OCH3 is 1. The molecule has 124 valence electrons. The molecule has 0 saturated carbocycles. The molecule has 0 aliphatic carbocycles. The van der Waals surface area contributed by atoms with Crippen LogP contribution in [0, 0.1) is 0 Å². The van der Waals surface area contributed by atoms with Crippen LogP contribution in [0.4, 0.5) is 0 Å². The smallest absolute Gasteiger partial charge is 0.307 e. The first-order chi connectivity index (χ1) is 11.5. The average Bonchev–Trinajstić information content (AvgIpc) is 2.92. The molecule has 0 spiro atoms. The highest BCUT2D eigenvalue weighted by molar-refractivity contribution is 6.31. The summed E-state index contributed by atoms with van der Waals surface area (Å²) in [7, 11) is 1.53. The van der Waals surface area contributed by atoms with Crippen LogP contribution in [0.5, 0.6) is 5.75 Å². The minimum absolute atomic E-state index is 0.0801. The average molecular weight is 345 g/mol. The molecule has 5 nitrogen and oxygen atoms in total. The summed E-state index contributed by atoms with van der Waals surface area (Å²) in [5.41, 5.74) is 3.34. The highest BCUT2D eigenvalue weighted by Crippen LogP contribution is 2.30. The van der Waals surface area contributed by atoms with Crippen LogP contribution in [0.25, 0.3) is 22.4 Å². The van der Waals surface area contributed by atoms with Crippen LogP contribution in [-0.4, -0.2) is 27.7 Å². The predicted octanol–water partition coefficient (Wildman–Crippen LogP) is 4.01. The SMILES string of the molecule is CCn1c(-c2ccc(CC(=O)O)c(OC)c2)nc2cc(Cl)ccc21. The first-order valence-corrected chi connectivity index (χ1v) is 7.96. The first kappa shape index (κ1) is 16.3. The van der Waals surface area contributed by atoms with Gasteiger partial charge in [0.15, 0.2) is 0 Å². The van der Waals surface area contributed by atoms with Gasteiger partial charge in [-0.25, -0.2) is 4.98 Å². The number of aromatic nitrogens is 2. The lowest BCUT2D eigenvalue weighted by Gasteiger charge is -2.10. The van der Waals surface area contributed by atoms with Crippen molar-refractivity contribution in [2.75, 3.05) is 7.11 Å². The van der Waals surface area contributed by atoms with E-state index in [1.807, 2.05) is 30.3 Å². The molecule has 2 aromatic carbocycles. The van der Waals surface area contributed by atoms with Crippen LogP contribution in [0.15, 0.2) is 36.4 Å². The van der Waals surface area contributed by atoms with Crippen molar-refractivity contribution in [2.45, 2.75) is 19.9 Å². The Kier molecular flexibility index (Phi) is 4.44. The Morgan fingerprint density at radius 2 is 2.08 bits per heavy atom. The molecule has 0 fully saturated rings. The lowest BCUT2D eigenvalue weighted by Crippen LogP contribution is -2.03. The molecule has 0 amide bonds. The summed E-state index contributed by atoms with van der Waals surface area (Å²) >= 11 is 6.06. The van der Waals surface area contributed by atoms with Crippen molar-refractivity contribution in [3.05, 3.63) is 47.0 Å². The van der Waals surface area contributed by atoms with Crippen LogP contribution in [0.3, 0.4) is 0 Å². The molecule has 6 heteroatoms. The molecular weight excluding hydrogens is 328 g/mol. The number of imidazole rings is 1. The van der Waals surface area contributed by atoms with Crippen LogP contribution < -0.4 is 4.74 Å². The van der Waals surface area contributed by atoms with E-state index in [0.29, 0.717) is 16.3 Å². The van der Waals surface area contributed by atoms with Gasteiger partial charge in [0.2, 0.25) is 0 Å². The first-order valence-electron chi connectivity index (χ1n) is 7.58. The number of benzene rings is 2. The van der Waals surface area contributed by atoms with E-state index in [2.05, 4.69) is 16.5 Å². The van der Waals surface area contributed by atoms with Gasteiger partial charge in [-0.05, 0) is 31.2 Å². The van der Waals surface area contributed by atoms with Gasteiger partial charge in [-0.15, -0.1) is 0 Å². The van der Waals surface area contributed by atoms with Gasteiger partial charge in [0.25, 0.3) is 0 Å². The second kappa shape index (κ2) is 6.53. The zero-order valence-electron chi connectivity index (χ0n) is 13.4. The van der Waals surface area contributed by atoms with Gasteiger partial charge < -0.3 is 14.4 Å². The molecule has 0 radical (unpaired) electrons. The summed E-state index contributed by atoms with van der Waals surface area (Å²) in [6.07, 6.45) is -0.0801.